The molecular weight excluding hydrogens is 178 g/mol. The van der Waals surface area contributed by atoms with E-state index >= 15 is 0 Å². The normalized spacial score (nSPS) is 19.6. The third kappa shape index (κ3) is 4.09. The molecule has 1 saturated heterocycles. The first-order valence-corrected chi connectivity index (χ1v) is 5.60. The first-order valence-electron chi connectivity index (χ1n) is 5.60. The minimum atomic E-state index is -0.0681. The Bertz CT molecular complexity index is 174. The van der Waals surface area contributed by atoms with Crippen molar-refractivity contribution in [3.63, 3.8) is 0 Å². The van der Waals surface area contributed by atoms with Gasteiger partial charge in [-0.15, -0.1) is 0 Å². The molecule has 0 aromatic heterocycles. The van der Waals surface area contributed by atoms with Crippen LogP contribution in [0.25, 0.3) is 0 Å². The largest absolute Gasteiger partial charge is 0.465 e. The fraction of sp³-hybridized carbons (Fsp3) is 0.909. The van der Waals surface area contributed by atoms with Crippen molar-refractivity contribution in [1.29, 1.82) is 0 Å². The van der Waals surface area contributed by atoms with Crippen molar-refractivity contribution in [2.24, 2.45) is 5.92 Å². The first-order chi connectivity index (χ1) is 6.72. The summed E-state index contributed by atoms with van der Waals surface area (Å²) in [6, 6.07) is 0. The molecule has 0 aromatic rings. The molecule has 1 heterocycles. The maximum Gasteiger partial charge on any atom is 0.320 e. The number of hydrogen-bond donors (Lipinski definition) is 0. The van der Waals surface area contributed by atoms with Crippen LogP contribution in [0.15, 0.2) is 0 Å². The molecule has 0 unspecified atom stereocenters. The van der Waals surface area contributed by atoms with E-state index < -0.39 is 0 Å². The average Bonchev–Trinajstić information content (AvgIpc) is 2.18. The highest BCUT2D eigenvalue weighted by molar-refractivity contribution is 5.71. The Morgan fingerprint density at radius 3 is 2.64 bits per heavy atom. The molecule has 0 radical (unpaired) electrons. The topological polar surface area (TPSA) is 29.5 Å². The van der Waals surface area contributed by atoms with E-state index in [-0.39, 0.29) is 5.97 Å². The molecular formula is C11H21NO2. The minimum Gasteiger partial charge on any atom is -0.465 e. The van der Waals surface area contributed by atoms with Crippen LogP contribution in [0.5, 0.6) is 0 Å². The van der Waals surface area contributed by atoms with Crippen molar-refractivity contribution in [2.75, 3.05) is 26.2 Å². The lowest BCUT2D eigenvalue weighted by atomic mass is 9.99. The zero-order valence-corrected chi connectivity index (χ0v) is 9.29. The van der Waals surface area contributed by atoms with Gasteiger partial charge in [-0.2, -0.15) is 0 Å². The van der Waals surface area contributed by atoms with Gasteiger partial charge < -0.3 is 4.74 Å². The molecule has 1 aliphatic heterocycles. The summed E-state index contributed by atoms with van der Waals surface area (Å²) in [6.07, 6.45) is 3.32. The fourth-order valence-electron chi connectivity index (χ4n) is 1.66. The van der Waals surface area contributed by atoms with Crippen LogP contribution in [-0.2, 0) is 9.53 Å². The maximum absolute atomic E-state index is 11.3. The molecule has 1 rings (SSSR count). The number of rotatable bonds is 4. The number of likely N-dealkylation sites (tertiary alicyclic amines) is 1. The van der Waals surface area contributed by atoms with Crippen molar-refractivity contribution >= 4 is 5.97 Å². The molecule has 0 amide bonds. The SMILES string of the molecule is CCCOC(=O)CN1CCC(C)CC1. The maximum atomic E-state index is 11.3. The van der Waals surface area contributed by atoms with E-state index in [1.807, 2.05) is 6.92 Å². The Kier molecular flexibility index (Phi) is 4.94. The van der Waals surface area contributed by atoms with Crippen molar-refractivity contribution in [3.05, 3.63) is 0 Å². The number of esters is 1. The molecule has 3 nitrogen and oxygen atoms in total. The van der Waals surface area contributed by atoms with Crippen LogP contribution in [0.2, 0.25) is 0 Å². The molecule has 0 N–H and O–H groups in total. The summed E-state index contributed by atoms with van der Waals surface area (Å²) in [5.74, 6) is 0.749. The van der Waals surface area contributed by atoms with Gasteiger partial charge in [-0.05, 0) is 38.3 Å². The van der Waals surface area contributed by atoms with Gasteiger partial charge in [0.05, 0.1) is 13.2 Å². The highest BCUT2D eigenvalue weighted by Crippen LogP contribution is 2.15. The predicted molar refractivity (Wildman–Crippen MR) is 56.1 cm³/mol. The van der Waals surface area contributed by atoms with Crippen LogP contribution in [-0.4, -0.2) is 37.1 Å². The summed E-state index contributed by atoms with van der Waals surface area (Å²) in [5, 5.41) is 0. The van der Waals surface area contributed by atoms with E-state index in [0.29, 0.717) is 13.2 Å². The van der Waals surface area contributed by atoms with E-state index in [4.69, 9.17) is 4.74 Å². The van der Waals surface area contributed by atoms with Crippen molar-refractivity contribution in [3.8, 4) is 0 Å². The van der Waals surface area contributed by atoms with Crippen LogP contribution in [0.4, 0.5) is 0 Å². The van der Waals surface area contributed by atoms with Gasteiger partial charge in [0.2, 0.25) is 0 Å². The molecule has 0 aromatic carbocycles. The lowest BCUT2D eigenvalue weighted by Gasteiger charge is -2.29. The zero-order valence-electron chi connectivity index (χ0n) is 9.29. The molecule has 0 atom stereocenters. The summed E-state index contributed by atoms with van der Waals surface area (Å²) in [5.41, 5.74) is 0. The van der Waals surface area contributed by atoms with E-state index in [1.54, 1.807) is 0 Å². The van der Waals surface area contributed by atoms with Gasteiger partial charge >= 0.3 is 5.97 Å². The Hall–Kier alpha value is -0.570. The van der Waals surface area contributed by atoms with Gasteiger partial charge in [0, 0.05) is 0 Å². The molecule has 3 heteroatoms. The number of nitrogens with zero attached hydrogens (tertiary/aromatic N) is 1. The van der Waals surface area contributed by atoms with Crippen LogP contribution >= 0.6 is 0 Å². The molecule has 14 heavy (non-hydrogen) atoms. The van der Waals surface area contributed by atoms with Crippen LogP contribution in [0.1, 0.15) is 33.1 Å². The number of carbonyl (C=O) groups excluding carboxylic acids is 1. The lowest BCUT2D eigenvalue weighted by molar-refractivity contribution is -0.145. The summed E-state index contributed by atoms with van der Waals surface area (Å²) in [4.78, 5) is 13.5. The Labute approximate surface area is 86.4 Å². The van der Waals surface area contributed by atoms with Gasteiger partial charge in [0.15, 0.2) is 0 Å². The lowest BCUT2D eigenvalue weighted by Crippen LogP contribution is -2.37. The van der Waals surface area contributed by atoms with Crippen LogP contribution in [0, 0.1) is 5.92 Å². The smallest absolute Gasteiger partial charge is 0.320 e. The van der Waals surface area contributed by atoms with Gasteiger partial charge in [-0.25, -0.2) is 0 Å². The second-order valence-electron chi connectivity index (χ2n) is 4.18. The predicted octanol–water partition coefficient (Wildman–Crippen LogP) is 1.67. The average molecular weight is 199 g/mol. The second-order valence-corrected chi connectivity index (χ2v) is 4.18. The van der Waals surface area contributed by atoms with E-state index in [2.05, 4.69) is 11.8 Å². The van der Waals surface area contributed by atoms with Crippen molar-refractivity contribution < 1.29 is 9.53 Å². The third-order valence-electron chi connectivity index (χ3n) is 2.70. The number of piperidine rings is 1. The van der Waals surface area contributed by atoms with Gasteiger partial charge in [0.1, 0.15) is 0 Å². The highest BCUT2D eigenvalue weighted by Gasteiger charge is 2.18. The van der Waals surface area contributed by atoms with Gasteiger partial charge in [0.25, 0.3) is 0 Å². The number of hydrogen-bond acceptors (Lipinski definition) is 3. The monoisotopic (exact) mass is 199 g/mol. The van der Waals surface area contributed by atoms with E-state index in [1.165, 1.54) is 12.8 Å². The Morgan fingerprint density at radius 1 is 1.43 bits per heavy atom. The summed E-state index contributed by atoms with van der Waals surface area (Å²) in [6.45, 7) is 7.41. The molecule has 0 saturated carbocycles. The summed E-state index contributed by atoms with van der Waals surface area (Å²) >= 11 is 0. The summed E-state index contributed by atoms with van der Waals surface area (Å²) < 4.78 is 5.04. The van der Waals surface area contributed by atoms with E-state index in [9.17, 15) is 4.79 Å². The Morgan fingerprint density at radius 2 is 2.07 bits per heavy atom. The second kappa shape index (κ2) is 6.02. The van der Waals surface area contributed by atoms with Crippen molar-refractivity contribution in [2.45, 2.75) is 33.1 Å². The standard InChI is InChI=1S/C11H21NO2/c1-3-8-14-11(13)9-12-6-4-10(2)5-7-12/h10H,3-9H2,1-2H3. The fourth-order valence-corrected chi connectivity index (χ4v) is 1.66. The molecule has 1 aliphatic rings. The van der Waals surface area contributed by atoms with Gasteiger partial charge in [-0.1, -0.05) is 13.8 Å². The summed E-state index contributed by atoms with van der Waals surface area (Å²) in [7, 11) is 0. The van der Waals surface area contributed by atoms with Gasteiger partial charge in [-0.3, -0.25) is 9.69 Å². The Balaban J connectivity index is 2.14. The highest BCUT2D eigenvalue weighted by atomic mass is 16.5. The number of ether oxygens (including phenoxy) is 1. The molecule has 82 valence electrons. The minimum absolute atomic E-state index is 0.0681. The van der Waals surface area contributed by atoms with Crippen LogP contribution in [0.3, 0.4) is 0 Å². The molecule has 1 fully saturated rings. The zero-order chi connectivity index (χ0) is 10.4. The van der Waals surface area contributed by atoms with E-state index in [0.717, 1.165) is 25.4 Å². The molecule has 0 spiro atoms. The first kappa shape index (κ1) is 11.5. The quantitative estimate of drug-likeness (QED) is 0.645. The molecule has 0 bridgehead atoms. The third-order valence-corrected chi connectivity index (χ3v) is 2.70. The van der Waals surface area contributed by atoms with Crippen molar-refractivity contribution in [1.82, 2.24) is 4.90 Å². The number of carbonyl (C=O) groups is 1. The van der Waals surface area contributed by atoms with Crippen LogP contribution < -0.4 is 0 Å². The molecule has 0 aliphatic carbocycles.